The fourth-order valence-corrected chi connectivity index (χ4v) is 0.877. The second kappa shape index (κ2) is 10.1. The van der Waals surface area contributed by atoms with Gasteiger partial charge in [-0.3, -0.25) is 4.79 Å². The Balaban J connectivity index is 0. The van der Waals surface area contributed by atoms with Gasteiger partial charge in [0.15, 0.2) is 0 Å². The molecule has 0 amide bonds. The Hall–Kier alpha value is 1.03. The summed E-state index contributed by atoms with van der Waals surface area (Å²) < 4.78 is 0. The van der Waals surface area contributed by atoms with Crippen molar-refractivity contribution in [1.82, 2.24) is 4.90 Å². The van der Waals surface area contributed by atoms with E-state index in [0.717, 1.165) is 25.9 Å². The van der Waals surface area contributed by atoms with Gasteiger partial charge in [-0.2, -0.15) is 6.10 Å². The van der Waals surface area contributed by atoms with Crippen molar-refractivity contribution in [2.24, 2.45) is 0 Å². The molecule has 1 aliphatic rings. The van der Waals surface area contributed by atoms with Gasteiger partial charge in [0.05, 0.1) is 0 Å². The van der Waals surface area contributed by atoms with E-state index in [-0.39, 0.29) is 57.9 Å². The minimum absolute atomic E-state index is 0. The summed E-state index contributed by atoms with van der Waals surface area (Å²) in [4.78, 5) is 10.6. The van der Waals surface area contributed by atoms with Gasteiger partial charge in [0.25, 0.3) is 6.47 Å². The molecule has 5 heteroatoms. The van der Waals surface area contributed by atoms with Crippen molar-refractivity contribution in [3.05, 3.63) is 6.10 Å². The van der Waals surface area contributed by atoms with Crippen LogP contribution < -0.4 is 51.4 Å². The Morgan fingerprint density at radius 1 is 1.42 bits per heavy atom. The summed E-state index contributed by atoms with van der Waals surface area (Å²) in [6.07, 6.45) is 2.41. The molecule has 0 aromatic rings. The van der Waals surface area contributed by atoms with E-state index in [1.54, 1.807) is 0 Å². The zero-order valence-corrected chi connectivity index (χ0v) is 10.8. The largest absolute Gasteiger partial charge is 1.00 e. The predicted octanol–water partition coefficient (Wildman–Crippen LogP) is -2.68. The molecule has 1 rings (SSSR count). The van der Waals surface area contributed by atoms with E-state index in [1.165, 1.54) is 0 Å². The first kappa shape index (κ1) is 15.5. The van der Waals surface area contributed by atoms with Crippen molar-refractivity contribution in [1.29, 1.82) is 0 Å². The molecule has 0 aromatic heterocycles. The third kappa shape index (κ3) is 9.12. The van der Waals surface area contributed by atoms with Crippen molar-refractivity contribution in [3.63, 3.8) is 0 Å². The number of hydrogen-bond donors (Lipinski definition) is 2. The molecule has 1 heterocycles. The van der Waals surface area contributed by atoms with Crippen molar-refractivity contribution in [3.8, 4) is 0 Å². The molecular formula is C7H14KNO3. The summed E-state index contributed by atoms with van der Waals surface area (Å²) in [5, 5.41) is 15.8. The van der Waals surface area contributed by atoms with Gasteiger partial charge < -0.3 is 15.1 Å². The maximum absolute atomic E-state index is 8.92. The van der Waals surface area contributed by atoms with E-state index < -0.39 is 0 Å². The molecule has 66 valence electrons. The number of likely N-dealkylation sites (tertiary alicyclic amines) is 1. The van der Waals surface area contributed by atoms with Gasteiger partial charge in [-0.15, -0.1) is 12.8 Å². The molecular weight excluding hydrogens is 185 g/mol. The normalized spacial score (nSPS) is 18.5. The van der Waals surface area contributed by atoms with E-state index in [1.807, 2.05) is 0 Å². The second-order valence-electron chi connectivity index (χ2n) is 2.47. The summed E-state index contributed by atoms with van der Waals surface area (Å²) >= 11 is 0. The average Bonchev–Trinajstić information content (AvgIpc) is 1.97. The Morgan fingerprint density at radius 3 is 2.00 bits per heavy atom. The standard InChI is InChI=1S/C6H12NO.CH2O2.K/c1-7-4-2-6(8)3-5-7;2-1-3;/h8H,2-5H2,1H3;1H,(H,2,3);/q-1;;+1. The molecule has 12 heavy (non-hydrogen) atoms. The fourth-order valence-electron chi connectivity index (χ4n) is 0.877. The average molecular weight is 199 g/mol. The molecule has 1 fully saturated rings. The minimum atomic E-state index is -0.250. The zero-order valence-electron chi connectivity index (χ0n) is 7.66. The molecule has 0 atom stereocenters. The van der Waals surface area contributed by atoms with Gasteiger partial charge in [-0.05, 0) is 20.1 Å². The summed E-state index contributed by atoms with van der Waals surface area (Å²) in [6.45, 7) is 1.79. The molecule has 1 saturated heterocycles. The number of aliphatic hydroxyl groups is 1. The quantitative estimate of drug-likeness (QED) is 0.254. The van der Waals surface area contributed by atoms with Gasteiger partial charge in [-0.1, -0.05) is 0 Å². The SMILES string of the molecule is CN1CC[C-](O)CC1.O=CO.[K+]. The van der Waals surface area contributed by atoms with E-state index in [0.29, 0.717) is 6.10 Å². The molecule has 4 nitrogen and oxygen atoms in total. The molecule has 1 aliphatic heterocycles. The molecule has 0 bridgehead atoms. The molecule has 0 aliphatic carbocycles. The van der Waals surface area contributed by atoms with Crippen LogP contribution in [0.2, 0.25) is 0 Å². The molecule has 0 aromatic carbocycles. The van der Waals surface area contributed by atoms with E-state index in [2.05, 4.69) is 11.9 Å². The van der Waals surface area contributed by atoms with Crippen LogP contribution in [0, 0.1) is 6.10 Å². The predicted molar refractivity (Wildman–Crippen MR) is 40.6 cm³/mol. The van der Waals surface area contributed by atoms with Crippen LogP contribution in [0.3, 0.4) is 0 Å². The number of carboxylic acid groups (broad SMARTS) is 1. The first-order valence-electron chi connectivity index (χ1n) is 3.50. The van der Waals surface area contributed by atoms with Crippen molar-refractivity contribution < 1.29 is 66.4 Å². The van der Waals surface area contributed by atoms with Crippen molar-refractivity contribution in [2.75, 3.05) is 20.1 Å². The monoisotopic (exact) mass is 199 g/mol. The first-order valence-corrected chi connectivity index (χ1v) is 3.50. The summed E-state index contributed by atoms with van der Waals surface area (Å²) in [7, 11) is 2.08. The van der Waals surface area contributed by atoms with E-state index in [9.17, 15) is 0 Å². The van der Waals surface area contributed by atoms with Gasteiger partial charge in [0.2, 0.25) is 0 Å². The first-order chi connectivity index (χ1) is 5.20. The van der Waals surface area contributed by atoms with E-state index >= 15 is 0 Å². The topological polar surface area (TPSA) is 60.8 Å². The molecule has 0 radical (unpaired) electrons. The minimum Gasteiger partial charge on any atom is -0.563 e. The number of rotatable bonds is 0. The van der Waals surface area contributed by atoms with Gasteiger partial charge in [-0.25, -0.2) is 0 Å². The Morgan fingerprint density at radius 2 is 1.75 bits per heavy atom. The van der Waals surface area contributed by atoms with Gasteiger partial charge in [0.1, 0.15) is 0 Å². The number of carbonyl (C=O) groups is 1. The molecule has 2 N–H and O–H groups in total. The summed E-state index contributed by atoms with van der Waals surface area (Å²) in [6, 6.07) is 0. The van der Waals surface area contributed by atoms with Gasteiger partial charge in [0, 0.05) is 0 Å². The third-order valence-electron chi connectivity index (χ3n) is 1.56. The maximum Gasteiger partial charge on any atom is 1.00 e. The van der Waals surface area contributed by atoms with Crippen LogP contribution in [0.5, 0.6) is 0 Å². The van der Waals surface area contributed by atoms with Crippen LogP contribution in [0.15, 0.2) is 0 Å². The van der Waals surface area contributed by atoms with Crippen molar-refractivity contribution >= 4 is 6.47 Å². The number of hydrogen-bond acceptors (Lipinski definition) is 3. The smallest absolute Gasteiger partial charge is 0.563 e. The second-order valence-corrected chi connectivity index (χ2v) is 2.47. The Bertz CT molecular complexity index is 94.8. The van der Waals surface area contributed by atoms with Crippen LogP contribution in [-0.4, -0.2) is 41.7 Å². The van der Waals surface area contributed by atoms with Crippen LogP contribution >= 0.6 is 0 Å². The van der Waals surface area contributed by atoms with E-state index in [4.69, 9.17) is 15.0 Å². The number of aliphatic hydroxyl groups excluding tert-OH is 1. The van der Waals surface area contributed by atoms with Crippen LogP contribution in [-0.2, 0) is 4.79 Å². The van der Waals surface area contributed by atoms with Crippen LogP contribution in [0.4, 0.5) is 0 Å². The fraction of sp³-hybridized carbons (Fsp3) is 0.714. The van der Waals surface area contributed by atoms with Crippen molar-refractivity contribution in [2.45, 2.75) is 12.8 Å². The number of piperidine rings is 1. The molecule has 0 spiro atoms. The Kier molecular flexibility index (Phi) is 13.1. The number of nitrogens with zero attached hydrogens (tertiary/aromatic N) is 1. The summed E-state index contributed by atoms with van der Waals surface area (Å²) in [5.74, 6) is 0. The Labute approximate surface area is 115 Å². The molecule has 0 saturated carbocycles. The summed E-state index contributed by atoms with van der Waals surface area (Å²) in [5.41, 5.74) is 0. The maximum atomic E-state index is 8.92. The third-order valence-corrected chi connectivity index (χ3v) is 1.56. The van der Waals surface area contributed by atoms with Gasteiger partial charge >= 0.3 is 51.4 Å². The molecule has 0 unspecified atom stereocenters. The zero-order chi connectivity index (χ0) is 8.69. The van der Waals surface area contributed by atoms with Crippen LogP contribution in [0.1, 0.15) is 12.8 Å². The van der Waals surface area contributed by atoms with Crippen LogP contribution in [0.25, 0.3) is 0 Å².